The van der Waals surface area contributed by atoms with Crippen LogP contribution in [0.2, 0.25) is 0 Å². The Morgan fingerprint density at radius 3 is 2.71 bits per heavy atom. The average Bonchev–Trinajstić information content (AvgIpc) is 3.20. The highest BCUT2D eigenvalue weighted by Gasteiger charge is 2.14. The van der Waals surface area contributed by atoms with Crippen LogP contribution in [0.25, 0.3) is 17.3 Å². The Kier molecular flexibility index (Phi) is 5.25. The molecular formula is C21H18N2O4S. The molecule has 3 aromatic rings. The zero-order valence-corrected chi connectivity index (χ0v) is 16.0. The number of methoxy groups -OCH3 is 1. The summed E-state index contributed by atoms with van der Waals surface area (Å²) < 4.78 is 16.3. The molecule has 142 valence electrons. The highest BCUT2D eigenvalue weighted by atomic mass is 32.1. The van der Waals surface area contributed by atoms with E-state index in [0.717, 1.165) is 28.3 Å². The molecule has 0 saturated carbocycles. The third kappa shape index (κ3) is 4.15. The largest absolute Gasteiger partial charge is 0.497 e. The zero-order valence-electron chi connectivity index (χ0n) is 15.2. The van der Waals surface area contributed by atoms with E-state index < -0.39 is 0 Å². The van der Waals surface area contributed by atoms with Gasteiger partial charge in [0.2, 0.25) is 5.91 Å². The first kappa shape index (κ1) is 18.1. The Bertz CT molecular complexity index is 1010. The predicted molar refractivity (Wildman–Crippen MR) is 109 cm³/mol. The van der Waals surface area contributed by atoms with Gasteiger partial charge in [0.05, 0.1) is 12.8 Å². The molecule has 0 radical (unpaired) electrons. The van der Waals surface area contributed by atoms with Gasteiger partial charge in [-0.25, -0.2) is 4.98 Å². The summed E-state index contributed by atoms with van der Waals surface area (Å²) in [5.41, 5.74) is 2.60. The number of carbonyl (C=O) groups excluding carboxylic acids is 1. The number of ether oxygens (including phenoxy) is 3. The lowest BCUT2D eigenvalue weighted by Gasteiger charge is -2.18. The van der Waals surface area contributed by atoms with Crippen molar-refractivity contribution >= 4 is 28.5 Å². The molecule has 1 aliphatic rings. The zero-order chi connectivity index (χ0) is 19.3. The van der Waals surface area contributed by atoms with E-state index in [1.54, 1.807) is 13.2 Å². The second-order valence-electron chi connectivity index (χ2n) is 5.99. The fourth-order valence-corrected chi connectivity index (χ4v) is 3.42. The molecule has 0 unspecified atom stereocenters. The minimum absolute atomic E-state index is 0.237. The SMILES string of the molecule is COc1ccc(/C=C/C(=O)Nc2nc(-c3ccc4c(c3)OCCO4)cs2)cc1. The van der Waals surface area contributed by atoms with Gasteiger partial charge in [0, 0.05) is 17.0 Å². The minimum Gasteiger partial charge on any atom is -0.497 e. The molecule has 6 nitrogen and oxygen atoms in total. The van der Waals surface area contributed by atoms with Crippen molar-refractivity contribution in [2.75, 3.05) is 25.6 Å². The number of carbonyl (C=O) groups is 1. The van der Waals surface area contributed by atoms with E-state index >= 15 is 0 Å². The molecule has 2 aromatic carbocycles. The maximum atomic E-state index is 12.2. The molecule has 1 aromatic heterocycles. The quantitative estimate of drug-likeness (QED) is 0.656. The summed E-state index contributed by atoms with van der Waals surface area (Å²) >= 11 is 1.37. The number of aromatic nitrogens is 1. The van der Waals surface area contributed by atoms with E-state index in [0.29, 0.717) is 24.1 Å². The highest BCUT2D eigenvalue weighted by Crippen LogP contribution is 2.35. The molecule has 0 atom stereocenters. The Balaban J connectivity index is 1.41. The van der Waals surface area contributed by atoms with Crippen LogP contribution in [0, 0.1) is 0 Å². The van der Waals surface area contributed by atoms with E-state index in [4.69, 9.17) is 14.2 Å². The number of benzene rings is 2. The topological polar surface area (TPSA) is 69.7 Å². The van der Waals surface area contributed by atoms with Gasteiger partial charge in [0.15, 0.2) is 16.6 Å². The second kappa shape index (κ2) is 8.14. The summed E-state index contributed by atoms with van der Waals surface area (Å²) in [6.45, 7) is 1.10. The smallest absolute Gasteiger partial charge is 0.250 e. The number of hydrogen-bond acceptors (Lipinski definition) is 6. The number of nitrogens with zero attached hydrogens (tertiary/aromatic N) is 1. The van der Waals surface area contributed by atoms with Gasteiger partial charge in [-0.2, -0.15) is 0 Å². The van der Waals surface area contributed by atoms with Crippen molar-refractivity contribution in [2.45, 2.75) is 0 Å². The van der Waals surface area contributed by atoms with Crippen molar-refractivity contribution in [3.05, 3.63) is 59.5 Å². The van der Waals surface area contributed by atoms with Crippen molar-refractivity contribution < 1.29 is 19.0 Å². The summed E-state index contributed by atoms with van der Waals surface area (Å²) in [5, 5.41) is 5.22. The Morgan fingerprint density at radius 1 is 1.14 bits per heavy atom. The van der Waals surface area contributed by atoms with Gasteiger partial charge >= 0.3 is 0 Å². The molecule has 28 heavy (non-hydrogen) atoms. The summed E-state index contributed by atoms with van der Waals surface area (Å²) in [4.78, 5) is 16.6. The number of rotatable bonds is 5. The van der Waals surface area contributed by atoms with Crippen molar-refractivity contribution in [2.24, 2.45) is 0 Å². The monoisotopic (exact) mass is 394 g/mol. The fraction of sp³-hybridized carbons (Fsp3) is 0.143. The Hall–Kier alpha value is -3.32. The Labute approximate surface area is 166 Å². The van der Waals surface area contributed by atoms with Gasteiger partial charge in [0.25, 0.3) is 0 Å². The normalized spacial score (nSPS) is 12.8. The van der Waals surface area contributed by atoms with E-state index in [2.05, 4.69) is 10.3 Å². The summed E-state index contributed by atoms with van der Waals surface area (Å²) in [7, 11) is 1.62. The average molecular weight is 394 g/mol. The first-order valence-electron chi connectivity index (χ1n) is 8.70. The molecule has 0 fully saturated rings. The maximum absolute atomic E-state index is 12.2. The van der Waals surface area contributed by atoms with Gasteiger partial charge in [-0.15, -0.1) is 11.3 Å². The van der Waals surface area contributed by atoms with Crippen molar-refractivity contribution in [1.82, 2.24) is 4.98 Å². The lowest BCUT2D eigenvalue weighted by molar-refractivity contribution is -0.111. The summed E-state index contributed by atoms with van der Waals surface area (Å²) in [6.07, 6.45) is 3.22. The van der Waals surface area contributed by atoms with Crippen LogP contribution in [0.5, 0.6) is 17.2 Å². The van der Waals surface area contributed by atoms with E-state index in [9.17, 15) is 4.79 Å². The van der Waals surface area contributed by atoms with E-state index in [1.165, 1.54) is 17.4 Å². The maximum Gasteiger partial charge on any atom is 0.250 e. The van der Waals surface area contributed by atoms with Crippen LogP contribution in [0.3, 0.4) is 0 Å². The number of amides is 1. The fourth-order valence-electron chi connectivity index (χ4n) is 2.70. The third-order valence-corrected chi connectivity index (χ3v) is 4.87. The number of fused-ring (bicyclic) bond motifs is 1. The van der Waals surface area contributed by atoms with E-state index in [-0.39, 0.29) is 5.91 Å². The summed E-state index contributed by atoms with van der Waals surface area (Å²) in [5.74, 6) is 1.99. The molecule has 1 N–H and O–H groups in total. The van der Waals surface area contributed by atoms with Crippen LogP contribution >= 0.6 is 11.3 Å². The molecule has 0 spiro atoms. The number of nitrogens with one attached hydrogen (secondary N) is 1. The molecule has 7 heteroatoms. The van der Waals surface area contributed by atoms with Crippen LogP contribution in [0.4, 0.5) is 5.13 Å². The van der Waals surface area contributed by atoms with Gasteiger partial charge in [-0.05, 0) is 42.0 Å². The first-order chi connectivity index (χ1) is 13.7. The minimum atomic E-state index is -0.237. The number of hydrogen-bond donors (Lipinski definition) is 1. The van der Waals surface area contributed by atoms with Crippen LogP contribution in [-0.2, 0) is 4.79 Å². The third-order valence-electron chi connectivity index (χ3n) is 4.12. The van der Waals surface area contributed by atoms with Gasteiger partial charge in [0.1, 0.15) is 19.0 Å². The lowest BCUT2D eigenvalue weighted by atomic mass is 10.1. The lowest BCUT2D eigenvalue weighted by Crippen LogP contribution is -2.15. The van der Waals surface area contributed by atoms with Crippen molar-refractivity contribution in [3.8, 4) is 28.5 Å². The molecule has 2 heterocycles. The van der Waals surface area contributed by atoms with Crippen LogP contribution in [-0.4, -0.2) is 31.2 Å². The standard InChI is InChI=1S/C21H18N2O4S/c1-25-16-6-2-14(3-7-16)4-9-20(24)23-21-22-17(13-28-21)15-5-8-18-19(12-15)27-11-10-26-18/h2-9,12-13H,10-11H2,1H3,(H,22,23,24)/b9-4+. The predicted octanol–water partition coefficient (Wildman–Crippen LogP) is 4.24. The number of thiazole rings is 1. The molecule has 1 aliphatic heterocycles. The second-order valence-corrected chi connectivity index (χ2v) is 6.85. The van der Waals surface area contributed by atoms with Crippen molar-refractivity contribution in [1.29, 1.82) is 0 Å². The van der Waals surface area contributed by atoms with Crippen LogP contribution in [0.1, 0.15) is 5.56 Å². The van der Waals surface area contributed by atoms with Gasteiger partial charge in [-0.3, -0.25) is 10.1 Å². The van der Waals surface area contributed by atoms with Crippen LogP contribution < -0.4 is 19.5 Å². The number of anilines is 1. The van der Waals surface area contributed by atoms with Gasteiger partial charge in [-0.1, -0.05) is 12.1 Å². The molecule has 0 saturated heterocycles. The molecule has 0 bridgehead atoms. The van der Waals surface area contributed by atoms with Crippen molar-refractivity contribution in [3.63, 3.8) is 0 Å². The Morgan fingerprint density at radius 2 is 1.93 bits per heavy atom. The molecule has 4 rings (SSSR count). The van der Waals surface area contributed by atoms with E-state index in [1.807, 2.05) is 47.8 Å². The molecular weight excluding hydrogens is 376 g/mol. The molecule has 0 aliphatic carbocycles. The van der Waals surface area contributed by atoms with Crippen LogP contribution in [0.15, 0.2) is 53.9 Å². The first-order valence-corrected chi connectivity index (χ1v) is 9.58. The molecule has 1 amide bonds. The van der Waals surface area contributed by atoms with Gasteiger partial charge < -0.3 is 14.2 Å². The summed E-state index contributed by atoms with van der Waals surface area (Å²) in [6, 6.07) is 13.2. The highest BCUT2D eigenvalue weighted by molar-refractivity contribution is 7.14.